The Morgan fingerprint density at radius 3 is 2.18 bits per heavy atom. The van der Waals surface area contributed by atoms with Crippen molar-refractivity contribution in [2.45, 2.75) is 110 Å². The van der Waals surface area contributed by atoms with Crippen molar-refractivity contribution < 1.29 is 23.6 Å². The quantitative estimate of drug-likeness (QED) is 0.295. The van der Waals surface area contributed by atoms with E-state index in [1.54, 1.807) is 24.2 Å². The summed E-state index contributed by atoms with van der Waals surface area (Å²) in [5, 5.41) is 3.52. The maximum absolute atomic E-state index is 13.2. The summed E-state index contributed by atoms with van der Waals surface area (Å²) in [6.45, 7) is 18.8. The first kappa shape index (κ1) is 30.7. The molecule has 0 bridgehead atoms. The van der Waals surface area contributed by atoms with Crippen molar-refractivity contribution in [2.75, 3.05) is 18.8 Å². The Kier molecular flexibility index (Phi) is 9.79. The van der Waals surface area contributed by atoms with Gasteiger partial charge >= 0.3 is 13.2 Å². The molecule has 9 nitrogen and oxygen atoms in total. The molecule has 1 aromatic rings. The summed E-state index contributed by atoms with van der Waals surface area (Å²) >= 11 is 1.65. The number of ether oxygens (including phenoxy) is 1. The van der Waals surface area contributed by atoms with Gasteiger partial charge in [0.2, 0.25) is 5.91 Å². The van der Waals surface area contributed by atoms with Gasteiger partial charge in [-0.1, -0.05) is 25.6 Å². The lowest BCUT2D eigenvalue weighted by atomic mass is 9.81. The smallest absolute Gasteiger partial charge is 0.444 e. The van der Waals surface area contributed by atoms with Crippen molar-refractivity contribution in [1.82, 2.24) is 20.2 Å². The van der Waals surface area contributed by atoms with Crippen molar-refractivity contribution in [3.63, 3.8) is 0 Å². The average molecular weight is 549 g/mol. The molecule has 0 aliphatic carbocycles. The van der Waals surface area contributed by atoms with Crippen LogP contribution in [0.25, 0.3) is 0 Å². The van der Waals surface area contributed by atoms with Gasteiger partial charge in [-0.2, -0.15) is 0 Å². The van der Waals surface area contributed by atoms with Crippen LogP contribution < -0.4 is 10.8 Å². The Bertz CT molecular complexity index is 943. The molecular weight excluding hydrogens is 503 g/mol. The molecule has 1 N–H and O–H groups in total. The number of nitrogens with one attached hydrogen (secondary N) is 1. The van der Waals surface area contributed by atoms with Crippen LogP contribution in [0.1, 0.15) is 81.6 Å². The normalized spacial score (nSPS) is 20.5. The highest BCUT2D eigenvalue weighted by Gasteiger charge is 2.52. The van der Waals surface area contributed by atoms with E-state index < -0.39 is 36.1 Å². The first-order chi connectivity index (χ1) is 17.6. The maximum atomic E-state index is 13.2. The number of alkyl carbamates (subject to hydrolysis) is 1. The minimum Gasteiger partial charge on any atom is -0.444 e. The first-order valence-corrected chi connectivity index (χ1v) is 14.7. The fourth-order valence-corrected chi connectivity index (χ4v) is 5.29. The average Bonchev–Trinajstić information content (AvgIpc) is 3.03. The Balaban J connectivity index is 1.41. The lowest BCUT2D eigenvalue weighted by Crippen LogP contribution is -2.53. The summed E-state index contributed by atoms with van der Waals surface area (Å²) in [7, 11) is -0.457. The molecule has 2 amide bonds. The fraction of sp³-hybridized carbons (Fsp3) is 0.778. The molecule has 1 atom stereocenters. The number of nitrogens with zero attached hydrogens (tertiary/aromatic N) is 3. The summed E-state index contributed by atoms with van der Waals surface area (Å²) in [4.78, 5) is 36.3. The molecule has 3 rings (SSSR count). The second-order valence-electron chi connectivity index (χ2n) is 12.7. The number of amides is 2. The second kappa shape index (κ2) is 12.1. The van der Waals surface area contributed by atoms with Gasteiger partial charge in [-0.05, 0) is 79.6 Å². The van der Waals surface area contributed by atoms with Crippen LogP contribution in [-0.4, -0.2) is 75.7 Å². The summed E-state index contributed by atoms with van der Waals surface area (Å²) < 4.78 is 17.5. The molecule has 2 fully saturated rings. The molecule has 11 heteroatoms. The Labute approximate surface area is 232 Å². The predicted octanol–water partition coefficient (Wildman–Crippen LogP) is 4.05. The van der Waals surface area contributed by atoms with Crippen LogP contribution in [0, 0.1) is 11.8 Å². The van der Waals surface area contributed by atoms with Gasteiger partial charge in [0.1, 0.15) is 11.6 Å². The first-order valence-electron chi connectivity index (χ1n) is 13.7. The summed E-state index contributed by atoms with van der Waals surface area (Å²) in [5.74, 6) is 1.41. The number of carbonyl (C=O) groups is 2. The lowest BCUT2D eigenvalue weighted by molar-refractivity contribution is -0.136. The molecule has 3 heterocycles. The van der Waals surface area contributed by atoms with E-state index in [2.05, 4.69) is 15.3 Å². The standard InChI is InChI=1S/C27H45BN4O5S/c1-18(2)21(31-24(34)35-25(3,4)5)22(33)32-13-10-19(11-14-32)12-15-38-23-29-16-20(17-30-23)28-36-26(6,7)27(8,9)37-28/h16-19,21H,10-15H2,1-9H3,(H,31,34)/t21-/m0/s1. The molecule has 2 saturated heterocycles. The number of thioether (sulfide) groups is 1. The largest absolute Gasteiger partial charge is 0.498 e. The van der Waals surface area contributed by atoms with Gasteiger partial charge in [0.15, 0.2) is 5.16 Å². The highest BCUT2D eigenvalue weighted by atomic mass is 32.2. The molecule has 38 heavy (non-hydrogen) atoms. The minimum atomic E-state index is -0.606. The Hall–Kier alpha value is -1.85. The predicted molar refractivity (Wildman–Crippen MR) is 150 cm³/mol. The number of hydrogen-bond acceptors (Lipinski definition) is 8. The zero-order valence-corrected chi connectivity index (χ0v) is 25.3. The van der Waals surface area contributed by atoms with Crippen LogP contribution in [0.5, 0.6) is 0 Å². The number of rotatable bonds is 8. The number of likely N-dealkylation sites (tertiary alicyclic amines) is 1. The van der Waals surface area contributed by atoms with Crippen molar-refractivity contribution in [2.24, 2.45) is 11.8 Å². The van der Waals surface area contributed by atoms with E-state index in [4.69, 9.17) is 14.0 Å². The highest BCUT2D eigenvalue weighted by molar-refractivity contribution is 7.99. The van der Waals surface area contributed by atoms with E-state index in [9.17, 15) is 9.59 Å². The third-order valence-corrected chi connectivity index (χ3v) is 8.37. The topological polar surface area (TPSA) is 103 Å². The third-order valence-electron chi connectivity index (χ3n) is 7.46. The van der Waals surface area contributed by atoms with E-state index >= 15 is 0 Å². The van der Waals surface area contributed by atoms with Crippen molar-refractivity contribution in [3.8, 4) is 0 Å². The highest BCUT2D eigenvalue weighted by Crippen LogP contribution is 2.36. The molecule has 0 radical (unpaired) electrons. The van der Waals surface area contributed by atoms with Gasteiger partial charge in [0, 0.05) is 36.7 Å². The molecule has 0 unspecified atom stereocenters. The van der Waals surface area contributed by atoms with Crippen molar-refractivity contribution >= 4 is 36.3 Å². The SMILES string of the molecule is CC(C)[C@H](NC(=O)OC(C)(C)C)C(=O)N1CCC(CCSc2ncc(B3OC(C)(C)C(C)(C)O3)cn2)CC1. The fourth-order valence-electron chi connectivity index (χ4n) is 4.41. The zero-order chi connectivity index (χ0) is 28.3. The van der Waals surface area contributed by atoms with Gasteiger partial charge < -0.3 is 24.3 Å². The van der Waals surface area contributed by atoms with Crippen LogP contribution in [0.3, 0.4) is 0 Å². The van der Waals surface area contributed by atoms with Crippen LogP contribution >= 0.6 is 11.8 Å². The molecule has 1 aromatic heterocycles. The zero-order valence-electron chi connectivity index (χ0n) is 24.5. The second-order valence-corrected chi connectivity index (χ2v) is 13.7. The molecule has 0 aromatic carbocycles. The van der Waals surface area contributed by atoms with E-state index in [0.717, 1.165) is 35.6 Å². The lowest BCUT2D eigenvalue weighted by Gasteiger charge is -2.35. The third kappa shape index (κ3) is 8.08. The van der Waals surface area contributed by atoms with Gasteiger partial charge in [0.25, 0.3) is 0 Å². The van der Waals surface area contributed by atoms with Gasteiger partial charge in [0.05, 0.1) is 11.2 Å². The number of hydrogen-bond donors (Lipinski definition) is 1. The molecule has 0 saturated carbocycles. The van der Waals surface area contributed by atoms with Crippen molar-refractivity contribution in [3.05, 3.63) is 12.4 Å². The number of carbonyl (C=O) groups excluding carboxylic acids is 2. The van der Waals surface area contributed by atoms with E-state index in [0.29, 0.717) is 19.0 Å². The summed E-state index contributed by atoms with van der Waals surface area (Å²) in [6.07, 6.45) is 5.97. The Morgan fingerprint density at radius 1 is 1.13 bits per heavy atom. The molecule has 2 aliphatic heterocycles. The van der Waals surface area contributed by atoms with E-state index in [-0.39, 0.29) is 11.8 Å². The van der Waals surface area contributed by atoms with E-state index in [1.807, 2.05) is 67.2 Å². The maximum Gasteiger partial charge on any atom is 0.498 e. The minimum absolute atomic E-state index is 0.0275. The molecular formula is C27H45BN4O5S. The van der Waals surface area contributed by atoms with Gasteiger partial charge in [-0.25, -0.2) is 14.8 Å². The van der Waals surface area contributed by atoms with Crippen LogP contribution in [0.4, 0.5) is 4.79 Å². The van der Waals surface area contributed by atoms with Crippen LogP contribution in [-0.2, 0) is 18.8 Å². The van der Waals surface area contributed by atoms with Crippen LogP contribution in [0.2, 0.25) is 0 Å². The molecule has 2 aliphatic rings. The number of piperidine rings is 1. The summed E-state index contributed by atoms with van der Waals surface area (Å²) in [6, 6.07) is -0.589. The molecule has 0 spiro atoms. The van der Waals surface area contributed by atoms with Crippen LogP contribution in [0.15, 0.2) is 17.6 Å². The van der Waals surface area contributed by atoms with Crippen molar-refractivity contribution in [1.29, 1.82) is 0 Å². The Morgan fingerprint density at radius 2 is 1.68 bits per heavy atom. The monoisotopic (exact) mass is 548 g/mol. The summed E-state index contributed by atoms with van der Waals surface area (Å²) in [5.41, 5.74) is -0.567. The molecule has 212 valence electrons. The van der Waals surface area contributed by atoms with E-state index in [1.165, 1.54) is 0 Å². The number of aromatic nitrogens is 2. The van der Waals surface area contributed by atoms with Gasteiger partial charge in [-0.3, -0.25) is 4.79 Å². The van der Waals surface area contributed by atoms with Gasteiger partial charge in [-0.15, -0.1) is 0 Å².